The SMILES string of the molecule is COc1cc(C=C2Oc3cc(OC(=O)c4cccs4)ccc3C2=O)cc(OC)c1OC. The van der Waals surface area contributed by atoms with E-state index in [-0.39, 0.29) is 11.5 Å². The van der Waals surface area contributed by atoms with E-state index >= 15 is 0 Å². The summed E-state index contributed by atoms with van der Waals surface area (Å²) in [5, 5.41) is 1.79. The molecule has 0 aliphatic carbocycles. The minimum absolute atomic E-state index is 0.131. The molecule has 4 rings (SSSR count). The van der Waals surface area contributed by atoms with Crippen LogP contribution in [0.2, 0.25) is 0 Å². The smallest absolute Gasteiger partial charge is 0.353 e. The van der Waals surface area contributed by atoms with Crippen molar-refractivity contribution in [3.8, 4) is 28.7 Å². The summed E-state index contributed by atoms with van der Waals surface area (Å²) >= 11 is 1.29. The van der Waals surface area contributed by atoms with Crippen LogP contribution in [0.5, 0.6) is 28.7 Å². The number of esters is 1. The first kappa shape index (κ1) is 20.5. The molecule has 8 heteroatoms. The minimum Gasteiger partial charge on any atom is -0.493 e. The maximum Gasteiger partial charge on any atom is 0.353 e. The lowest BCUT2D eigenvalue weighted by atomic mass is 10.1. The number of ether oxygens (including phenoxy) is 5. The van der Waals surface area contributed by atoms with Crippen molar-refractivity contribution in [3.63, 3.8) is 0 Å². The van der Waals surface area contributed by atoms with Crippen LogP contribution in [0, 0.1) is 0 Å². The number of hydrogen-bond donors (Lipinski definition) is 0. The minimum atomic E-state index is -0.465. The van der Waals surface area contributed by atoms with E-state index in [0.717, 1.165) is 0 Å². The van der Waals surface area contributed by atoms with Gasteiger partial charge in [0.25, 0.3) is 0 Å². The molecule has 1 aliphatic heterocycles. The van der Waals surface area contributed by atoms with Gasteiger partial charge in [0.2, 0.25) is 11.5 Å². The average molecular weight is 438 g/mol. The van der Waals surface area contributed by atoms with Gasteiger partial charge in [0, 0.05) is 6.07 Å². The van der Waals surface area contributed by atoms with Crippen LogP contribution in [-0.2, 0) is 0 Å². The summed E-state index contributed by atoms with van der Waals surface area (Å²) in [5.41, 5.74) is 1.02. The van der Waals surface area contributed by atoms with Gasteiger partial charge < -0.3 is 23.7 Å². The van der Waals surface area contributed by atoms with Crippen LogP contribution in [0.25, 0.3) is 6.08 Å². The lowest BCUT2D eigenvalue weighted by molar-refractivity contribution is 0.0739. The van der Waals surface area contributed by atoms with E-state index in [0.29, 0.717) is 44.8 Å². The van der Waals surface area contributed by atoms with E-state index in [1.807, 2.05) is 0 Å². The third kappa shape index (κ3) is 3.97. The van der Waals surface area contributed by atoms with Crippen molar-refractivity contribution in [2.45, 2.75) is 0 Å². The van der Waals surface area contributed by atoms with Crippen LogP contribution < -0.4 is 23.7 Å². The van der Waals surface area contributed by atoms with Crippen LogP contribution in [0.15, 0.2) is 53.6 Å². The molecule has 3 aromatic rings. The van der Waals surface area contributed by atoms with Crippen molar-refractivity contribution < 1.29 is 33.3 Å². The van der Waals surface area contributed by atoms with Gasteiger partial charge in [-0.15, -0.1) is 11.3 Å². The quantitative estimate of drug-likeness (QED) is 0.316. The molecule has 0 radical (unpaired) electrons. The number of hydrogen-bond acceptors (Lipinski definition) is 8. The van der Waals surface area contributed by atoms with E-state index < -0.39 is 5.97 Å². The first-order valence-corrected chi connectivity index (χ1v) is 10.1. The van der Waals surface area contributed by atoms with E-state index in [1.165, 1.54) is 38.7 Å². The van der Waals surface area contributed by atoms with Crippen molar-refractivity contribution >= 4 is 29.2 Å². The topological polar surface area (TPSA) is 80.3 Å². The molecule has 1 aromatic heterocycles. The highest BCUT2D eigenvalue weighted by atomic mass is 32.1. The van der Waals surface area contributed by atoms with Gasteiger partial charge >= 0.3 is 5.97 Å². The Morgan fingerprint density at radius 3 is 2.35 bits per heavy atom. The summed E-state index contributed by atoms with van der Waals surface area (Å²) in [6.45, 7) is 0. The number of benzene rings is 2. The Bertz CT molecular complexity index is 1150. The van der Waals surface area contributed by atoms with Crippen molar-refractivity contribution in [2.24, 2.45) is 0 Å². The molecule has 2 aromatic carbocycles. The van der Waals surface area contributed by atoms with Crippen molar-refractivity contribution in [2.75, 3.05) is 21.3 Å². The number of ketones is 1. The Balaban J connectivity index is 1.60. The predicted octanol–water partition coefficient (Wildman–Crippen LogP) is 4.61. The van der Waals surface area contributed by atoms with Crippen LogP contribution in [-0.4, -0.2) is 33.1 Å². The fourth-order valence-electron chi connectivity index (χ4n) is 3.12. The van der Waals surface area contributed by atoms with Crippen LogP contribution in [0.3, 0.4) is 0 Å². The fraction of sp³-hybridized carbons (Fsp3) is 0.130. The number of Topliss-reactive ketones (excluding diaryl/α,β-unsaturated/α-hetero) is 1. The largest absolute Gasteiger partial charge is 0.493 e. The standard InChI is InChI=1S/C23H18O7S/c1-26-18-10-13(11-19(27-2)22(18)28-3)9-17-21(24)15-7-6-14(12-16(15)30-17)29-23(25)20-5-4-8-31-20/h4-12H,1-3H3. The predicted molar refractivity (Wildman–Crippen MR) is 115 cm³/mol. The molecule has 0 saturated heterocycles. The number of fused-ring (bicyclic) bond motifs is 1. The molecule has 0 saturated carbocycles. The Labute approximate surface area is 182 Å². The number of thiophene rings is 1. The first-order chi connectivity index (χ1) is 15.0. The van der Waals surface area contributed by atoms with Crippen molar-refractivity contribution in [1.82, 2.24) is 0 Å². The number of methoxy groups -OCH3 is 3. The lowest BCUT2D eigenvalue weighted by Crippen LogP contribution is -2.06. The normalized spacial score (nSPS) is 13.5. The molecule has 0 fully saturated rings. The number of rotatable bonds is 6. The highest BCUT2D eigenvalue weighted by Crippen LogP contribution is 2.40. The maximum absolute atomic E-state index is 12.8. The van der Waals surface area contributed by atoms with Gasteiger partial charge in [-0.25, -0.2) is 4.79 Å². The zero-order valence-corrected chi connectivity index (χ0v) is 17.8. The molecule has 7 nitrogen and oxygen atoms in total. The van der Waals surface area contributed by atoms with Gasteiger partial charge in [-0.05, 0) is 47.4 Å². The summed E-state index contributed by atoms with van der Waals surface area (Å²) in [5.74, 6) is 1.36. The number of allylic oxidation sites excluding steroid dienone is 1. The second kappa shape index (κ2) is 8.53. The maximum atomic E-state index is 12.8. The summed E-state index contributed by atoms with van der Waals surface area (Å²) < 4.78 is 27.1. The lowest BCUT2D eigenvalue weighted by Gasteiger charge is -2.13. The van der Waals surface area contributed by atoms with Gasteiger partial charge in [0.1, 0.15) is 16.4 Å². The van der Waals surface area contributed by atoms with E-state index in [4.69, 9.17) is 23.7 Å². The third-order valence-electron chi connectivity index (χ3n) is 4.56. The molecule has 2 heterocycles. The molecule has 0 spiro atoms. The summed E-state index contributed by atoms with van der Waals surface area (Å²) in [6.07, 6.45) is 1.59. The van der Waals surface area contributed by atoms with E-state index in [9.17, 15) is 9.59 Å². The Kier molecular flexibility index (Phi) is 5.64. The van der Waals surface area contributed by atoms with E-state index in [2.05, 4.69) is 0 Å². The molecule has 0 N–H and O–H groups in total. The average Bonchev–Trinajstić information content (AvgIpc) is 3.42. The number of carbonyl (C=O) groups excluding carboxylic acids is 2. The highest BCUT2D eigenvalue weighted by molar-refractivity contribution is 7.12. The van der Waals surface area contributed by atoms with Gasteiger partial charge in [0.05, 0.1) is 26.9 Å². The van der Waals surface area contributed by atoms with Crippen LogP contribution in [0.4, 0.5) is 0 Å². The van der Waals surface area contributed by atoms with E-state index in [1.54, 1.807) is 47.9 Å². The second-order valence-electron chi connectivity index (χ2n) is 6.42. The number of carbonyl (C=O) groups is 2. The summed E-state index contributed by atoms with van der Waals surface area (Å²) in [6, 6.07) is 11.5. The first-order valence-electron chi connectivity index (χ1n) is 9.18. The van der Waals surface area contributed by atoms with Gasteiger partial charge in [0.15, 0.2) is 17.3 Å². The molecular weight excluding hydrogens is 420 g/mol. The van der Waals surface area contributed by atoms with Crippen molar-refractivity contribution in [1.29, 1.82) is 0 Å². The van der Waals surface area contributed by atoms with Gasteiger partial charge in [-0.1, -0.05) is 6.07 Å². The Hall–Kier alpha value is -3.78. The zero-order valence-electron chi connectivity index (χ0n) is 17.0. The second-order valence-corrected chi connectivity index (χ2v) is 7.37. The molecule has 31 heavy (non-hydrogen) atoms. The van der Waals surface area contributed by atoms with Gasteiger partial charge in [-0.2, -0.15) is 0 Å². The van der Waals surface area contributed by atoms with Crippen molar-refractivity contribution in [3.05, 3.63) is 69.6 Å². The van der Waals surface area contributed by atoms with Crippen LogP contribution in [0.1, 0.15) is 25.6 Å². The summed E-state index contributed by atoms with van der Waals surface area (Å²) in [7, 11) is 4.54. The molecular formula is C23H18O7S. The molecule has 1 aliphatic rings. The molecule has 0 amide bonds. The molecule has 0 unspecified atom stereocenters. The highest BCUT2D eigenvalue weighted by Gasteiger charge is 2.28. The summed E-state index contributed by atoms with van der Waals surface area (Å²) in [4.78, 5) is 25.4. The Morgan fingerprint density at radius 2 is 1.74 bits per heavy atom. The molecule has 0 bridgehead atoms. The van der Waals surface area contributed by atoms with Gasteiger partial charge in [-0.3, -0.25) is 4.79 Å². The molecule has 158 valence electrons. The Morgan fingerprint density at radius 1 is 1.00 bits per heavy atom. The van der Waals surface area contributed by atoms with Crippen LogP contribution >= 0.6 is 11.3 Å². The molecule has 0 atom stereocenters. The monoisotopic (exact) mass is 438 g/mol. The zero-order chi connectivity index (χ0) is 22.0. The fourth-order valence-corrected chi connectivity index (χ4v) is 3.72. The third-order valence-corrected chi connectivity index (χ3v) is 5.41.